The molecular weight excluding hydrogens is 791 g/mol. The maximum Gasteiger partial charge on any atom is 0.312 e. The standard InChI is InChI=1S/C45H63N3O13/c1-13-14-19-48(47(10)11)33(50)22-58-32-21-30-40(54)35-34(32)36-42(28(7)39(35)53)61-45(9,43(36)55)59-20-18-31(57-12)25(4)41(60-29(8)49)27(6)38(52)26(5)37(51)23(2)16-15-17-24(3)44(56)46-30/h15-18,20-21,23,25-27,31,37-38,41,51-54H,13-14,19,22H2,1-12H3,(H,46,56)/b16-15+,20-18+,24-17?. The SMILES string of the molecule is CCCCN(C(=O)COc1cc2c(O)c3c(O)c(C)c4c(c13)C(=O)C(C)(O/C=C/C(OC)C(C)C(OC(C)=O)C(C)C(O)C(C)C(O)C(C)/C=C/C=C(C)C(=O)N2)O4)N(C)C. The first-order chi connectivity index (χ1) is 28.6. The smallest absolute Gasteiger partial charge is 0.312 e. The second-order valence-electron chi connectivity index (χ2n) is 16.4. The Hall–Kier alpha value is -5.16. The highest BCUT2D eigenvalue weighted by molar-refractivity contribution is 6.21. The first-order valence-corrected chi connectivity index (χ1v) is 20.6. The molecule has 0 saturated carbocycles. The number of ketones is 1. The molecule has 0 spiro atoms. The lowest BCUT2D eigenvalue weighted by Gasteiger charge is -2.38. The number of hydrogen-bond donors (Lipinski definition) is 5. The van der Waals surface area contributed by atoms with Gasteiger partial charge < -0.3 is 49.4 Å². The summed E-state index contributed by atoms with van der Waals surface area (Å²) in [6.45, 7) is 14.5. The highest BCUT2D eigenvalue weighted by Crippen LogP contribution is 2.54. The topological polar surface area (TPSA) is 214 Å². The van der Waals surface area contributed by atoms with Crippen molar-refractivity contribution in [2.45, 2.75) is 105 Å². The van der Waals surface area contributed by atoms with E-state index in [4.69, 9.17) is 23.7 Å². The number of allylic oxidation sites excluding steroid dienone is 2. The number of phenolic OH excluding ortho intramolecular Hbond substituents is 2. The van der Waals surface area contributed by atoms with Gasteiger partial charge in [0.1, 0.15) is 23.4 Å². The molecule has 3 aliphatic rings. The van der Waals surface area contributed by atoms with Gasteiger partial charge in [-0.05, 0) is 26.3 Å². The van der Waals surface area contributed by atoms with Gasteiger partial charge in [0.15, 0.2) is 12.4 Å². The van der Waals surface area contributed by atoms with Crippen molar-refractivity contribution in [1.29, 1.82) is 0 Å². The van der Waals surface area contributed by atoms with E-state index in [0.717, 1.165) is 12.8 Å². The van der Waals surface area contributed by atoms with Crippen LogP contribution in [0.25, 0.3) is 10.8 Å². The van der Waals surface area contributed by atoms with Crippen LogP contribution in [0.1, 0.15) is 84.2 Å². The van der Waals surface area contributed by atoms with Crippen molar-refractivity contribution in [3.8, 4) is 23.0 Å². The predicted octanol–water partition coefficient (Wildman–Crippen LogP) is 5.53. The number of benzene rings is 2. The number of hydrogen-bond acceptors (Lipinski definition) is 14. The molecular formula is C45H63N3O13. The molecule has 5 rings (SSSR count). The van der Waals surface area contributed by atoms with Gasteiger partial charge in [0, 0.05) is 87.9 Å². The highest BCUT2D eigenvalue weighted by atomic mass is 16.7. The van der Waals surface area contributed by atoms with Crippen LogP contribution in [0.15, 0.2) is 42.2 Å². The van der Waals surface area contributed by atoms with Gasteiger partial charge in [-0.1, -0.05) is 59.3 Å². The van der Waals surface area contributed by atoms with Crippen molar-refractivity contribution in [2.75, 3.05) is 39.7 Å². The summed E-state index contributed by atoms with van der Waals surface area (Å²) in [6.07, 6.45) is 5.14. The Bertz CT molecular complexity index is 2060. The van der Waals surface area contributed by atoms with E-state index < -0.39 is 95.5 Å². The summed E-state index contributed by atoms with van der Waals surface area (Å²) in [5.41, 5.74) is -0.0304. The van der Waals surface area contributed by atoms with Crippen LogP contribution in [0.3, 0.4) is 0 Å². The van der Waals surface area contributed by atoms with Gasteiger partial charge in [-0.3, -0.25) is 24.2 Å². The zero-order valence-electron chi connectivity index (χ0n) is 37.3. The molecule has 0 radical (unpaired) electrons. The number of unbranched alkanes of at least 4 members (excludes halogenated alkanes) is 1. The molecule has 5 bridgehead atoms. The molecule has 9 atom stereocenters. The molecule has 0 fully saturated rings. The van der Waals surface area contributed by atoms with Crippen molar-refractivity contribution >= 4 is 40.0 Å². The summed E-state index contributed by atoms with van der Waals surface area (Å²) in [5.74, 6) is -8.13. The third kappa shape index (κ3) is 10.3. The van der Waals surface area contributed by atoms with Gasteiger partial charge in [0.25, 0.3) is 17.6 Å². The van der Waals surface area contributed by atoms with E-state index in [1.807, 2.05) is 6.92 Å². The minimum absolute atomic E-state index is 0.0628. The molecule has 336 valence electrons. The van der Waals surface area contributed by atoms with Crippen LogP contribution in [-0.2, 0) is 28.6 Å². The second-order valence-corrected chi connectivity index (χ2v) is 16.4. The third-order valence-electron chi connectivity index (χ3n) is 11.7. The zero-order chi connectivity index (χ0) is 45.7. The van der Waals surface area contributed by atoms with Gasteiger partial charge in [0.2, 0.25) is 0 Å². The Labute approximate surface area is 357 Å². The maximum atomic E-state index is 14.6. The van der Waals surface area contributed by atoms with Gasteiger partial charge >= 0.3 is 11.8 Å². The van der Waals surface area contributed by atoms with Crippen LogP contribution in [0.2, 0.25) is 0 Å². The lowest BCUT2D eigenvalue weighted by atomic mass is 9.78. The number of carbonyl (C=O) groups excluding carboxylic acids is 4. The lowest BCUT2D eigenvalue weighted by Crippen LogP contribution is -2.46. The highest BCUT2D eigenvalue weighted by Gasteiger charge is 2.50. The number of phenols is 2. The fraction of sp³-hybridized carbons (Fsp3) is 0.556. The Morgan fingerprint density at radius 1 is 0.967 bits per heavy atom. The number of amides is 2. The number of nitrogens with one attached hydrogen (secondary N) is 1. The normalized spacial score (nSPS) is 28.5. The van der Waals surface area contributed by atoms with Gasteiger partial charge in [0.05, 0.1) is 41.2 Å². The van der Waals surface area contributed by atoms with Crippen LogP contribution in [0.4, 0.5) is 5.69 Å². The monoisotopic (exact) mass is 853 g/mol. The Morgan fingerprint density at radius 2 is 1.64 bits per heavy atom. The van der Waals surface area contributed by atoms with Crippen LogP contribution < -0.4 is 14.8 Å². The lowest BCUT2D eigenvalue weighted by molar-refractivity contribution is -0.160. The molecule has 16 nitrogen and oxygen atoms in total. The van der Waals surface area contributed by atoms with E-state index in [9.17, 15) is 39.6 Å². The zero-order valence-corrected chi connectivity index (χ0v) is 37.3. The van der Waals surface area contributed by atoms with Crippen molar-refractivity contribution in [3.05, 3.63) is 53.3 Å². The average Bonchev–Trinajstić information content (AvgIpc) is 3.47. The van der Waals surface area contributed by atoms with Crippen molar-refractivity contribution in [1.82, 2.24) is 10.0 Å². The largest absolute Gasteiger partial charge is 0.507 e. The minimum Gasteiger partial charge on any atom is -0.507 e. The number of aliphatic hydroxyl groups excluding tert-OH is 2. The quantitative estimate of drug-likeness (QED) is 0.119. The van der Waals surface area contributed by atoms with Gasteiger partial charge in [-0.2, -0.15) is 0 Å². The van der Waals surface area contributed by atoms with Gasteiger partial charge in [-0.15, -0.1) is 0 Å². The first-order valence-electron chi connectivity index (χ1n) is 20.6. The average molecular weight is 854 g/mol. The maximum absolute atomic E-state index is 14.6. The summed E-state index contributed by atoms with van der Waals surface area (Å²) in [5, 5.41) is 51.7. The van der Waals surface area contributed by atoms with E-state index in [1.54, 1.807) is 59.0 Å². The van der Waals surface area contributed by atoms with E-state index in [1.165, 1.54) is 64.3 Å². The number of methoxy groups -OCH3 is 1. The molecule has 0 saturated heterocycles. The number of aromatic hydroxyl groups is 2. The summed E-state index contributed by atoms with van der Waals surface area (Å²) in [6, 6.07) is 1.27. The van der Waals surface area contributed by atoms with E-state index in [2.05, 4.69) is 5.32 Å². The van der Waals surface area contributed by atoms with Crippen molar-refractivity contribution < 1.29 is 63.3 Å². The van der Waals surface area contributed by atoms with E-state index >= 15 is 0 Å². The number of Topliss-reactive ketones (excluding diaryl/α,β-unsaturated/α-hetero) is 1. The number of anilines is 1. The fourth-order valence-electron chi connectivity index (χ4n) is 7.82. The number of rotatable bonds is 9. The van der Waals surface area contributed by atoms with Crippen molar-refractivity contribution in [2.24, 2.45) is 23.7 Å². The fourth-order valence-corrected chi connectivity index (χ4v) is 7.82. The number of aliphatic hydroxyl groups is 2. The van der Waals surface area contributed by atoms with Crippen LogP contribution in [0, 0.1) is 30.6 Å². The molecule has 2 aromatic carbocycles. The molecule has 61 heavy (non-hydrogen) atoms. The van der Waals surface area contributed by atoms with Crippen LogP contribution in [0.5, 0.6) is 23.0 Å². The van der Waals surface area contributed by atoms with Crippen molar-refractivity contribution in [3.63, 3.8) is 0 Å². The summed E-state index contributed by atoms with van der Waals surface area (Å²) in [4.78, 5) is 54.1. The number of esters is 1. The summed E-state index contributed by atoms with van der Waals surface area (Å²) < 4.78 is 29.9. The molecule has 0 aliphatic carbocycles. The second kappa shape index (κ2) is 20.1. The van der Waals surface area contributed by atoms with E-state index in [0.29, 0.717) is 6.54 Å². The van der Waals surface area contributed by atoms with Crippen LogP contribution >= 0.6 is 0 Å². The Morgan fingerprint density at radius 3 is 2.25 bits per heavy atom. The number of carbonyl (C=O) groups is 4. The molecule has 3 heterocycles. The number of fused-ring (bicyclic) bond motifs is 14. The molecule has 16 heteroatoms. The summed E-state index contributed by atoms with van der Waals surface area (Å²) >= 11 is 0. The third-order valence-corrected chi connectivity index (χ3v) is 11.7. The molecule has 2 aromatic rings. The number of nitrogens with zero attached hydrogens (tertiary/aromatic N) is 2. The van der Waals surface area contributed by atoms with E-state index in [-0.39, 0.29) is 44.7 Å². The molecule has 9 unspecified atom stereocenters. The number of ether oxygens (including phenoxy) is 5. The van der Waals surface area contributed by atoms with Gasteiger partial charge in [-0.25, -0.2) is 5.01 Å². The Balaban J connectivity index is 1.94. The predicted molar refractivity (Wildman–Crippen MR) is 228 cm³/mol. The first kappa shape index (κ1) is 48.5. The number of hydrazine groups is 1. The summed E-state index contributed by atoms with van der Waals surface area (Å²) in [7, 11) is 4.88. The Kier molecular flexibility index (Phi) is 16.0. The molecule has 2 amide bonds. The molecule has 5 N–H and O–H groups in total. The van der Waals surface area contributed by atoms with Crippen LogP contribution in [-0.4, -0.2) is 119 Å². The molecule has 0 aromatic heterocycles. The molecule has 3 aliphatic heterocycles. The minimum atomic E-state index is -2.03.